The van der Waals surface area contributed by atoms with E-state index in [-0.39, 0.29) is 23.3 Å². The van der Waals surface area contributed by atoms with Gasteiger partial charge in [0.25, 0.3) is 5.91 Å². The second-order valence-corrected chi connectivity index (χ2v) is 5.09. The summed E-state index contributed by atoms with van der Waals surface area (Å²) in [4.78, 5) is 12.2. The third-order valence-electron chi connectivity index (χ3n) is 3.02. The summed E-state index contributed by atoms with van der Waals surface area (Å²) >= 11 is 5.91. The van der Waals surface area contributed by atoms with Crippen LogP contribution in [0.4, 0.5) is 8.78 Å². The maximum atomic E-state index is 12.2. The van der Waals surface area contributed by atoms with Crippen LogP contribution in [0.5, 0.6) is 5.75 Å². The fourth-order valence-corrected chi connectivity index (χ4v) is 2.15. The number of benzene rings is 2. The van der Waals surface area contributed by atoms with E-state index in [1.807, 2.05) is 13.0 Å². The van der Waals surface area contributed by atoms with Crippen molar-refractivity contribution in [2.24, 2.45) is 0 Å². The molecule has 0 heterocycles. The molecule has 6 heteroatoms. The minimum Gasteiger partial charge on any atom is -0.435 e. The lowest BCUT2D eigenvalue weighted by Gasteiger charge is -2.15. The van der Waals surface area contributed by atoms with Crippen LogP contribution in [0, 0.1) is 0 Å². The molecule has 0 aliphatic heterocycles. The van der Waals surface area contributed by atoms with Gasteiger partial charge in [0.1, 0.15) is 5.75 Å². The predicted molar refractivity (Wildman–Crippen MR) is 80.4 cm³/mol. The van der Waals surface area contributed by atoms with E-state index in [1.165, 1.54) is 24.3 Å². The van der Waals surface area contributed by atoms with E-state index in [4.69, 9.17) is 11.6 Å². The average molecular weight is 326 g/mol. The normalized spacial score (nSPS) is 12.0. The third-order valence-corrected chi connectivity index (χ3v) is 3.25. The number of alkyl halides is 2. The molecule has 22 heavy (non-hydrogen) atoms. The average Bonchev–Trinajstić information content (AvgIpc) is 2.46. The van der Waals surface area contributed by atoms with Gasteiger partial charge in [-0.3, -0.25) is 4.79 Å². The summed E-state index contributed by atoms with van der Waals surface area (Å²) in [6, 6.07) is 12.5. The van der Waals surface area contributed by atoms with E-state index in [1.54, 1.807) is 18.2 Å². The van der Waals surface area contributed by atoms with Gasteiger partial charge in [0.15, 0.2) is 0 Å². The number of halogens is 3. The van der Waals surface area contributed by atoms with E-state index in [9.17, 15) is 13.6 Å². The number of carbonyl (C=O) groups excluding carboxylic acids is 1. The van der Waals surface area contributed by atoms with Crippen LogP contribution in [0.15, 0.2) is 48.5 Å². The Morgan fingerprint density at radius 1 is 1.18 bits per heavy atom. The van der Waals surface area contributed by atoms with Gasteiger partial charge >= 0.3 is 6.61 Å². The van der Waals surface area contributed by atoms with E-state index in [2.05, 4.69) is 10.1 Å². The zero-order chi connectivity index (χ0) is 16.1. The topological polar surface area (TPSA) is 38.3 Å². The highest BCUT2D eigenvalue weighted by Crippen LogP contribution is 2.19. The summed E-state index contributed by atoms with van der Waals surface area (Å²) in [7, 11) is 0. The minimum atomic E-state index is -2.93. The lowest BCUT2D eigenvalue weighted by molar-refractivity contribution is -0.0498. The SMILES string of the molecule is C[C@H](NC(=O)c1cccc(OC(F)F)c1)c1cccc(Cl)c1. The van der Waals surface area contributed by atoms with Gasteiger partial charge in [-0.05, 0) is 42.8 Å². The van der Waals surface area contributed by atoms with Crippen LogP contribution in [0.2, 0.25) is 5.02 Å². The molecule has 0 aliphatic rings. The molecular weight excluding hydrogens is 312 g/mol. The maximum Gasteiger partial charge on any atom is 0.387 e. The summed E-state index contributed by atoms with van der Waals surface area (Å²) in [6.45, 7) is -1.12. The quantitative estimate of drug-likeness (QED) is 0.883. The summed E-state index contributed by atoms with van der Waals surface area (Å²) in [5.74, 6) is -0.440. The maximum absolute atomic E-state index is 12.2. The fourth-order valence-electron chi connectivity index (χ4n) is 1.95. The van der Waals surface area contributed by atoms with Crippen LogP contribution >= 0.6 is 11.6 Å². The zero-order valence-electron chi connectivity index (χ0n) is 11.7. The Hall–Kier alpha value is -2.14. The highest BCUT2D eigenvalue weighted by molar-refractivity contribution is 6.30. The molecule has 1 N–H and O–H groups in total. The van der Waals surface area contributed by atoms with Crippen LogP contribution in [-0.4, -0.2) is 12.5 Å². The molecule has 0 aromatic heterocycles. The Labute approximate surface area is 131 Å². The largest absolute Gasteiger partial charge is 0.435 e. The van der Waals surface area contributed by atoms with Crippen molar-refractivity contribution < 1.29 is 18.3 Å². The van der Waals surface area contributed by atoms with Crippen LogP contribution in [-0.2, 0) is 0 Å². The molecule has 0 saturated heterocycles. The molecule has 0 aliphatic carbocycles. The van der Waals surface area contributed by atoms with Crippen molar-refractivity contribution in [2.75, 3.05) is 0 Å². The molecule has 1 atom stereocenters. The van der Waals surface area contributed by atoms with E-state index < -0.39 is 6.61 Å². The van der Waals surface area contributed by atoms with Gasteiger partial charge in [-0.15, -0.1) is 0 Å². The molecule has 0 fully saturated rings. The highest BCUT2D eigenvalue weighted by Gasteiger charge is 2.13. The van der Waals surface area contributed by atoms with Crippen molar-refractivity contribution in [1.29, 1.82) is 0 Å². The monoisotopic (exact) mass is 325 g/mol. The van der Waals surface area contributed by atoms with Crippen molar-refractivity contribution in [3.05, 3.63) is 64.7 Å². The first-order valence-electron chi connectivity index (χ1n) is 6.57. The van der Waals surface area contributed by atoms with Crippen LogP contribution in [0.1, 0.15) is 28.9 Å². The first-order chi connectivity index (χ1) is 10.5. The van der Waals surface area contributed by atoms with Gasteiger partial charge in [-0.1, -0.05) is 29.8 Å². The highest BCUT2D eigenvalue weighted by atomic mass is 35.5. The molecule has 0 saturated carbocycles. The fraction of sp³-hybridized carbons (Fsp3) is 0.188. The predicted octanol–water partition coefficient (Wildman–Crippen LogP) is 4.43. The molecule has 1 amide bonds. The van der Waals surface area contributed by atoms with Crippen LogP contribution < -0.4 is 10.1 Å². The molecule has 116 valence electrons. The lowest BCUT2D eigenvalue weighted by Crippen LogP contribution is -2.26. The smallest absolute Gasteiger partial charge is 0.387 e. The molecule has 3 nitrogen and oxygen atoms in total. The van der Waals surface area contributed by atoms with Crippen molar-refractivity contribution in [3.63, 3.8) is 0 Å². The molecule has 0 radical (unpaired) electrons. The van der Waals surface area contributed by atoms with Crippen molar-refractivity contribution >= 4 is 17.5 Å². The van der Waals surface area contributed by atoms with Gasteiger partial charge in [0.2, 0.25) is 0 Å². The van der Waals surface area contributed by atoms with E-state index in [0.29, 0.717) is 5.02 Å². The Balaban J connectivity index is 2.08. The molecule has 2 aromatic carbocycles. The molecule has 0 bridgehead atoms. The Bertz CT molecular complexity index is 664. The molecule has 2 aromatic rings. The van der Waals surface area contributed by atoms with Gasteiger partial charge in [0.05, 0.1) is 6.04 Å². The zero-order valence-corrected chi connectivity index (χ0v) is 12.5. The number of ether oxygens (including phenoxy) is 1. The van der Waals surface area contributed by atoms with Gasteiger partial charge < -0.3 is 10.1 Å². The van der Waals surface area contributed by atoms with Crippen molar-refractivity contribution in [1.82, 2.24) is 5.32 Å². The Kier molecular flexibility index (Phi) is 5.33. The van der Waals surface area contributed by atoms with Gasteiger partial charge in [-0.25, -0.2) is 0 Å². The number of hydrogen-bond acceptors (Lipinski definition) is 2. The Morgan fingerprint density at radius 2 is 1.91 bits per heavy atom. The van der Waals surface area contributed by atoms with Crippen molar-refractivity contribution in [3.8, 4) is 5.75 Å². The van der Waals surface area contributed by atoms with Crippen molar-refractivity contribution in [2.45, 2.75) is 19.6 Å². The standard InChI is InChI=1S/C16H14ClF2NO2/c1-10(11-4-2-6-13(17)8-11)20-15(21)12-5-3-7-14(9-12)22-16(18)19/h2-10,16H,1H3,(H,20,21)/t10-/m0/s1. The lowest BCUT2D eigenvalue weighted by atomic mass is 10.1. The first-order valence-corrected chi connectivity index (χ1v) is 6.94. The number of nitrogens with one attached hydrogen (secondary N) is 1. The number of rotatable bonds is 5. The Morgan fingerprint density at radius 3 is 2.59 bits per heavy atom. The molecule has 0 spiro atoms. The first kappa shape index (κ1) is 16.2. The number of amides is 1. The summed E-state index contributed by atoms with van der Waals surface area (Å²) in [5, 5.41) is 3.35. The van der Waals surface area contributed by atoms with E-state index >= 15 is 0 Å². The van der Waals surface area contributed by atoms with Crippen LogP contribution in [0.3, 0.4) is 0 Å². The van der Waals surface area contributed by atoms with E-state index in [0.717, 1.165) is 5.56 Å². The van der Waals surface area contributed by atoms with Crippen LogP contribution in [0.25, 0.3) is 0 Å². The summed E-state index contributed by atoms with van der Waals surface area (Å²) in [5.41, 5.74) is 1.09. The van der Waals surface area contributed by atoms with Gasteiger partial charge in [0, 0.05) is 10.6 Å². The molecule has 0 unspecified atom stereocenters. The second kappa shape index (κ2) is 7.22. The number of hydrogen-bond donors (Lipinski definition) is 1. The summed E-state index contributed by atoms with van der Waals surface area (Å²) in [6.07, 6.45) is 0. The number of carbonyl (C=O) groups is 1. The molecular formula is C16H14ClF2NO2. The summed E-state index contributed by atoms with van der Waals surface area (Å²) < 4.78 is 28.7. The second-order valence-electron chi connectivity index (χ2n) is 4.66. The van der Waals surface area contributed by atoms with Gasteiger partial charge in [-0.2, -0.15) is 8.78 Å². The third kappa shape index (κ3) is 4.43. The minimum absolute atomic E-state index is 0.0574. The molecule has 2 rings (SSSR count).